The molecule has 25 heavy (non-hydrogen) atoms. The van der Waals surface area contributed by atoms with Gasteiger partial charge in [0.1, 0.15) is 11.6 Å². The molecule has 0 aliphatic carbocycles. The van der Waals surface area contributed by atoms with Crippen LogP contribution in [0.5, 0.6) is 0 Å². The maximum atomic E-state index is 12.3. The highest BCUT2D eigenvalue weighted by Gasteiger charge is 2.33. The first-order chi connectivity index (χ1) is 12.1. The van der Waals surface area contributed by atoms with Gasteiger partial charge in [-0.2, -0.15) is 9.78 Å². The van der Waals surface area contributed by atoms with Crippen molar-refractivity contribution in [3.05, 3.63) is 52.7 Å². The van der Waals surface area contributed by atoms with Crippen LogP contribution in [0.4, 0.5) is 5.82 Å². The van der Waals surface area contributed by atoms with Crippen LogP contribution in [-0.2, 0) is 4.79 Å². The Hall–Kier alpha value is -2.61. The van der Waals surface area contributed by atoms with Gasteiger partial charge in [-0.3, -0.25) is 4.79 Å². The SMILES string of the molecule is Cc1noc(C)c1C1SCC(=O)Nc2c1c(C)nn2-c1ccccn1. The van der Waals surface area contributed by atoms with Crippen LogP contribution in [0.1, 0.15) is 33.5 Å². The summed E-state index contributed by atoms with van der Waals surface area (Å²) >= 11 is 1.56. The average molecular weight is 355 g/mol. The zero-order valence-electron chi connectivity index (χ0n) is 14.1. The highest BCUT2D eigenvalue weighted by Crippen LogP contribution is 2.45. The number of carbonyl (C=O) groups is 1. The average Bonchev–Trinajstić information content (AvgIpc) is 3.04. The van der Waals surface area contributed by atoms with E-state index in [4.69, 9.17) is 4.52 Å². The number of carbonyl (C=O) groups excluding carboxylic acids is 1. The van der Waals surface area contributed by atoms with Crippen molar-refractivity contribution >= 4 is 23.5 Å². The maximum Gasteiger partial charge on any atom is 0.235 e. The van der Waals surface area contributed by atoms with E-state index in [-0.39, 0.29) is 11.2 Å². The van der Waals surface area contributed by atoms with E-state index in [9.17, 15) is 4.79 Å². The molecule has 1 unspecified atom stereocenters. The zero-order chi connectivity index (χ0) is 17.6. The molecule has 0 fully saturated rings. The maximum absolute atomic E-state index is 12.3. The standard InChI is InChI=1S/C17H17N5O2S/c1-9-15-16(14-10(2)21-24-11(14)3)25-8-13(23)19-17(15)22(20-9)12-6-4-5-7-18-12/h4-7,16H,8H2,1-3H3,(H,19,23). The van der Waals surface area contributed by atoms with Crippen molar-refractivity contribution in [1.29, 1.82) is 0 Å². The third-order valence-electron chi connectivity index (χ3n) is 4.22. The number of thioether (sulfide) groups is 1. The number of hydrogen-bond donors (Lipinski definition) is 1. The first-order valence-electron chi connectivity index (χ1n) is 7.91. The van der Waals surface area contributed by atoms with E-state index in [0.29, 0.717) is 17.4 Å². The van der Waals surface area contributed by atoms with Gasteiger partial charge in [-0.15, -0.1) is 11.8 Å². The monoisotopic (exact) mass is 355 g/mol. The van der Waals surface area contributed by atoms with Gasteiger partial charge in [0.2, 0.25) is 5.91 Å². The van der Waals surface area contributed by atoms with E-state index < -0.39 is 0 Å². The molecule has 0 radical (unpaired) electrons. The summed E-state index contributed by atoms with van der Waals surface area (Å²) < 4.78 is 7.05. The molecule has 0 saturated carbocycles. The topological polar surface area (TPSA) is 85.8 Å². The summed E-state index contributed by atoms with van der Waals surface area (Å²) in [5, 5.41) is 11.6. The molecular weight excluding hydrogens is 338 g/mol. The van der Waals surface area contributed by atoms with Crippen LogP contribution < -0.4 is 5.32 Å². The molecule has 1 N–H and O–H groups in total. The molecule has 3 aromatic heterocycles. The van der Waals surface area contributed by atoms with Gasteiger partial charge in [0.05, 0.1) is 22.4 Å². The molecule has 128 valence electrons. The third kappa shape index (κ3) is 2.62. The van der Waals surface area contributed by atoms with Crippen LogP contribution in [-0.4, -0.2) is 31.6 Å². The lowest BCUT2D eigenvalue weighted by Gasteiger charge is -2.14. The van der Waals surface area contributed by atoms with Crippen molar-refractivity contribution in [2.24, 2.45) is 0 Å². The Labute approximate surface area is 148 Å². The van der Waals surface area contributed by atoms with E-state index >= 15 is 0 Å². The molecule has 0 spiro atoms. The number of anilines is 1. The predicted octanol–water partition coefficient (Wildman–Crippen LogP) is 2.96. The quantitative estimate of drug-likeness (QED) is 0.761. The molecule has 1 aliphatic heterocycles. The van der Waals surface area contributed by atoms with Gasteiger partial charge in [0.15, 0.2) is 5.82 Å². The third-order valence-corrected chi connectivity index (χ3v) is 5.46. The summed E-state index contributed by atoms with van der Waals surface area (Å²) in [7, 11) is 0. The summed E-state index contributed by atoms with van der Waals surface area (Å²) in [6.07, 6.45) is 1.71. The zero-order valence-corrected chi connectivity index (χ0v) is 14.9. The number of hydrogen-bond acceptors (Lipinski definition) is 6. The molecule has 3 aromatic rings. The fraction of sp³-hybridized carbons (Fsp3) is 0.294. The Kier molecular flexibility index (Phi) is 3.84. The first kappa shape index (κ1) is 15.9. The van der Waals surface area contributed by atoms with Crippen LogP contribution in [0.2, 0.25) is 0 Å². The van der Waals surface area contributed by atoms with Crippen LogP contribution in [0.3, 0.4) is 0 Å². The fourth-order valence-electron chi connectivity index (χ4n) is 3.12. The lowest BCUT2D eigenvalue weighted by Crippen LogP contribution is -2.16. The second kappa shape index (κ2) is 6.03. The van der Waals surface area contributed by atoms with E-state index in [2.05, 4.69) is 20.6 Å². The number of pyridine rings is 1. The summed E-state index contributed by atoms with van der Waals surface area (Å²) in [6.45, 7) is 5.76. The molecule has 7 nitrogen and oxygen atoms in total. The molecule has 4 rings (SSSR count). The molecule has 4 heterocycles. The Morgan fingerprint density at radius 3 is 2.76 bits per heavy atom. The van der Waals surface area contributed by atoms with E-state index in [1.54, 1.807) is 22.6 Å². The largest absolute Gasteiger partial charge is 0.361 e. The number of amides is 1. The molecule has 0 saturated heterocycles. The van der Waals surface area contributed by atoms with Gasteiger partial charge in [-0.25, -0.2) is 4.98 Å². The Balaban J connectivity index is 1.94. The number of aryl methyl sites for hydroxylation is 3. The van der Waals surface area contributed by atoms with Gasteiger partial charge in [-0.05, 0) is 32.9 Å². The minimum absolute atomic E-state index is 0.0578. The molecule has 1 atom stereocenters. The van der Waals surface area contributed by atoms with Gasteiger partial charge < -0.3 is 9.84 Å². The van der Waals surface area contributed by atoms with Crippen LogP contribution in [0.25, 0.3) is 5.82 Å². The lowest BCUT2D eigenvalue weighted by molar-refractivity contribution is -0.113. The summed E-state index contributed by atoms with van der Waals surface area (Å²) in [6, 6.07) is 5.60. The minimum atomic E-state index is -0.0716. The Morgan fingerprint density at radius 1 is 1.24 bits per heavy atom. The van der Waals surface area contributed by atoms with Crippen LogP contribution >= 0.6 is 11.8 Å². The molecule has 0 bridgehead atoms. The van der Waals surface area contributed by atoms with Gasteiger partial charge in [0.25, 0.3) is 0 Å². The van der Waals surface area contributed by atoms with Crippen molar-refractivity contribution in [3.63, 3.8) is 0 Å². The number of nitrogens with one attached hydrogen (secondary N) is 1. The van der Waals surface area contributed by atoms with E-state index in [0.717, 1.165) is 28.3 Å². The molecular formula is C17H17N5O2S. The van der Waals surface area contributed by atoms with Crippen molar-refractivity contribution in [3.8, 4) is 5.82 Å². The molecule has 1 aliphatic rings. The number of nitrogens with zero attached hydrogens (tertiary/aromatic N) is 4. The minimum Gasteiger partial charge on any atom is -0.361 e. The number of aromatic nitrogens is 4. The van der Waals surface area contributed by atoms with Crippen molar-refractivity contribution in [1.82, 2.24) is 19.9 Å². The number of rotatable bonds is 2. The molecule has 8 heteroatoms. The van der Waals surface area contributed by atoms with Gasteiger partial charge in [-0.1, -0.05) is 11.2 Å². The highest BCUT2D eigenvalue weighted by molar-refractivity contribution is 8.00. The first-order valence-corrected chi connectivity index (χ1v) is 8.96. The summed E-state index contributed by atoms with van der Waals surface area (Å²) in [5.74, 6) is 2.39. The smallest absolute Gasteiger partial charge is 0.235 e. The lowest BCUT2D eigenvalue weighted by atomic mass is 10.0. The second-order valence-electron chi connectivity index (χ2n) is 5.92. The van der Waals surface area contributed by atoms with Gasteiger partial charge >= 0.3 is 0 Å². The fourth-order valence-corrected chi connectivity index (χ4v) is 4.46. The second-order valence-corrected chi connectivity index (χ2v) is 7.02. The van der Waals surface area contributed by atoms with E-state index in [1.807, 2.05) is 39.0 Å². The highest BCUT2D eigenvalue weighted by atomic mass is 32.2. The molecule has 1 amide bonds. The Bertz CT molecular complexity index is 928. The summed E-state index contributed by atoms with van der Waals surface area (Å²) in [4.78, 5) is 16.7. The predicted molar refractivity (Wildman–Crippen MR) is 95.0 cm³/mol. The summed E-state index contributed by atoms with van der Waals surface area (Å²) in [5.41, 5.74) is 3.66. The van der Waals surface area contributed by atoms with Crippen molar-refractivity contribution < 1.29 is 9.32 Å². The van der Waals surface area contributed by atoms with Crippen LogP contribution in [0, 0.1) is 20.8 Å². The molecule has 0 aromatic carbocycles. The van der Waals surface area contributed by atoms with Crippen molar-refractivity contribution in [2.45, 2.75) is 26.0 Å². The number of fused-ring (bicyclic) bond motifs is 1. The van der Waals surface area contributed by atoms with Crippen LogP contribution in [0.15, 0.2) is 28.9 Å². The van der Waals surface area contributed by atoms with Gasteiger partial charge in [0, 0.05) is 17.3 Å². The van der Waals surface area contributed by atoms with E-state index in [1.165, 1.54) is 0 Å². The van der Waals surface area contributed by atoms with Crippen molar-refractivity contribution in [2.75, 3.05) is 11.1 Å². The normalized spacial score (nSPS) is 17.1. The Morgan fingerprint density at radius 2 is 2.08 bits per heavy atom.